The molecular weight excluding hydrogens is 465 g/mol. The van der Waals surface area contributed by atoms with Gasteiger partial charge in [-0.1, -0.05) is 48.5 Å². The summed E-state index contributed by atoms with van der Waals surface area (Å²) >= 11 is 0. The minimum Gasteiger partial charge on any atom is -0.324 e. The summed E-state index contributed by atoms with van der Waals surface area (Å²) in [5.41, 5.74) is 7.01. The van der Waals surface area contributed by atoms with E-state index in [9.17, 15) is 12.8 Å². The fraction of sp³-hybridized carbons (Fsp3) is 0.185. The zero-order chi connectivity index (χ0) is 24.4. The molecule has 0 saturated heterocycles. The van der Waals surface area contributed by atoms with Gasteiger partial charge in [0.15, 0.2) is 0 Å². The summed E-state index contributed by atoms with van der Waals surface area (Å²) in [6.45, 7) is 0.109. The molecule has 4 aromatic rings. The number of benzene rings is 3. The van der Waals surface area contributed by atoms with Gasteiger partial charge in [-0.3, -0.25) is 4.18 Å². The molecule has 35 heavy (non-hydrogen) atoms. The first-order valence-corrected chi connectivity index (χ1v) is 13.1. The van der Waals surface area contributed by atoms with Crippen molar-refractivity contribution in [2.45, 2.75) is 18.8 Å². The maximum atomic E-state index is 13.5. The molecule has 1 heterocycles. The van der Waals surface area contributed by atoms with Gasteiger partial charge >= 0.3 is 0 Å². The Morgan fingerprint density at radius 1 is 1.03 bits per heavy atom. The van der Waals surface area contributed by atoms with Crippen LogP contribution in [0.2, 0.25) is 0 Å². The SMILES string of the molecule is CS(=O)(=O)OCCc1ccc(Nc2ncc3c(n2)-c2ccccc2C(c2ccc(F)cc2)C3)cc1. The number of fused-ring (bicyclic) bond motifs is 3. The van der Waals surface area contributed by atoms with Gasteiger partial charge in [0.05, 0.1) is 18.6 Å². The van der Waals surface area contributed by atoms with E-state index in [1.165, 1.54) is 12.1 Å². The number of nitrogens with one attached hydrogen (secondary N) is 1. The van der Waals surface area contributed by atoms with Crippen LogP contribution in [-0.4, -0.2) is 31.2 Å². The predicted octanol–water partition coefficient (Wildman–Crippen LogP) is 5.23. The van der Waals surface area contributed by atoms with Crippen molar-refractivity contribution in [3.8, 4) is 11.3 Å². The Hall–Kier alpha value is -3.62. The average molecular weight is 490 g/mol. The highest BCUT2D eigenvalue weighted by atomic mass is 32.2. The number of hydrogen-bond donors (Lipinski definition) is 1. The molecular formula is C27H24FN3O3S. The fourth-order valence-electron chi connectivity index (χ4n) is 4.38. The van der Waals surface area contributed by atoms with Gasteiger partial charge in [-0.15, -0.1) is 0 Å². The second kappa shape index (κ2) is 9.56. The molecule has 0 spiro atoms. The molecule has 8 heteroatoms. The van der Waals surface area contributed by atoms with Crippen LogP contribution in [-0.2, 0) is 27.1 Å². The van der Waals surface area contributed by atoms with E-state index in [1.807, 2.05) is 54.7 Å². The van der Waals surface area contributed by atoms with E-state index in [4.69, 9.17) is 9.17 Å². The number of hydrogen-bond acceptors (Lipinski definition) is 6. The van der Waals surface area contributed by atoms with Gasteiger partial charge in [0.25, 0.3) is 10.1 Å². The maximum absolute atomic E-state index is 13.5. The van der Waals surface area contributed by atoms with Crippen LogP contribution >= 0.6 is 0 Å². The van der Waals surface area contributed by atoms with Crippen molar-refractivity contribution in [1.29, 1.82) is 0 Å². The van der Waals surface area contributed by atoms with Gasteiger partial charge in [0.1, 0.15) is 5.82 Å². The summed E-state index contributed by atoms with van der Waals surface area (Å²) in [4.78, 5) is 9.35. The van der Waals surface area contributed by atoms with Crippen LogP contribution in [0.3, 0.4) is 0 Å². The molecule has 0 aliphatic heterocycles. The molecule has 5 rings (SSSR count). The first-order chi connectivity index (χ1) is 16.9. The second-order valence-corrected chi connectivity index (χ2v) is 10.2. The molecule has 1 N–H and O–H groups in total. The number of nitrogens with zero attached hydrogens (tertiary/aromatic N) is 2. The highest BCUT2D eigenvalue weighted by Crippen LogP contribution is 2.41. The van der Waals surface area contributed by atoms with Crippen molar-refractivity contribution < 1.29 is 17.0 Å². The van der Waals surface area contributed by atoms with E-state index < -0.39 is 10.1 Å². The Morgan fingerprint density at radius 3 is 2.51 bits per heavy atom. The summed E-state index contributed by atoms with van der Waals surface area (Å²) < 4.78 is 40.5. The van der Waals surface area contributed by atoms with Crippen molar-refractivity contribution in [2.24, 2.45) is 0 Å². The first-order valence-electron chi connectivity index (χ1n) is 11.3. The third-order valence-corrected chi connectivity index (χ3v) is 6.65. The molecule has 1 aromatic heterocycles. The van der Waals surface area contributed by atoms with Crippen molar-refractivity contribution in [2.75, 3.05) is 18.2 Å². The van der Waals surface area contributed by atoms with Crippen LogP contribution < -0.4 is 5.32 Å². The highest BCUT2D eigenvalue weighted by molar-refractivity contribution is 7.85. The van der Waals surface area contributed by atoms with E-state index in [0.29, 0.717) is 12.4 Å². The third kappa shape index (κ3) is 5.39. The van der Waals surface area contributed by atoms with Crippen molar-refractivity contribution in [1.82, 2.24) is 9.97 Å². The Bertz CT molecular complexity index is 1460. The first kappa shape index (κ1) is 23.1. The number of rotatable bonds is 7. The lowest BCUT2D eigenvalue weighted by Crippen LogP contribution is -2.15. The smallest absolute Gasteiger partial charge is 0.264 e. The van der Waals surface area contributed by atoms with E-state index in [-0.39, 0.29) is 18.3 Å². The molecule has 0 fully saturated rings. The lowest BCUT2D eigenvalue weighted by atomic mass is 9.78. The molecule has 1 aliphatic carbocycles. The maximum Gasteiger partial charge on any atom is 0.264 e. The summed E-state index contributed by atoms with van der Waals surface area (Å²) in [6, 6.07) is 22.5. The standard InChI is InChI=1S/C27H24FN3O3S/c1-35(32,33)34-15-14-18-6-12-22(13-7-18)30-27-29-17-20-16-25(19-8-10-21(28)11-9-19)23-4-2-3-5-24(23)26(20)31-27/h2-13,17,25H,14-16H2,1H3,(H,29,30,31). The average Bonchev–Trinajstić information content (AvgIpc) is 2.85. The molecule has 1 unspecified atom stereocenters. The highest BCUT2D eigenvalue weighted by Gasteiger charge is 2.27. The zero-order valence-electron chi connectivity index (χ0n) is 19.1. The monoisotopic (exact) mass is 489 g/mol. The molecule has 3 aromatic carbocycles. The Balaban J connectivity index is 1.36. The Kier molecular flexibility index (Phi) is 6.32. The van der Waals surface area contributed by atoms with Crippen molar-refractivity contribution in [3.05, 3.63) is 107 Å². The largest absolute Gasteiger partial charge is 0.324 e. The van der Waals surface area contributed by atoms with Gasteiger partial charge in [-0.2, -0.15) is 8.42 Å². The topological polar surface area (TPSA) is 81.2 Å². The van der Waals surface area contributed by atoms with Crippen LogP contribution in [0, 0.1) is 5.82 Å². The molecule has 6 nitrogen and oxygen atoms in total. The van der Waals surface area contributed by atoms with E-state index in [2.05, 4.69) is 22.4 Å². The minimum atomic E-state index is -3.44. The van der Waals surface area contributed by atoms with Crippen LogP contribution in [0.5, 0.6) is 0 Å². The van der Waals surface area contributed by atoms with Gasteiger partial charge in [0.2, 0.25) is 5.95 Å². The fourth-order valence-corrected chi connectivity index (χ4v) is 4.77. The normalized spacial score (nSPS) is 14.7. The molecule has 0 radical (unpaired) electrons. The van der Waals surface area contributed by atoms with Crippen LogP contribution in [0.1, 0.15) is 28.2 Å². The van der Waals surface area contributed by atoms with Crippen LogP contribution in [0.25, 0.3) is 11.3 Å². The van der Waals surface area contributed by atoms with Gasteiger partial charge in [-0.05, 0) is 59.4 Å². The van der Waals surface area contributed by atoms with Crippen LogP contribution in [0.4, 0.5) is 16.0 Å². The molecule has 0 bridgehead atoms. The van der Waals surface area contributed by atoms with E-state index in [1.54, 1.807) is 0 Å². The summed E-state index contributed by atoms with van der Waals surface area (Å²) in [5, 5.41) is 3.25. The number of anilines is 2. The quantitative estimate of drug-likeness (QED) is 0.358. The molecule has 1 aliphatic rings. The van der Waals surface area contributed by atoms with Crippen molar-refractivity contribution in [3.63, 3.8) is 0 Å². The summed E-state index contributed by atoms with van der Waals surface area (Å²) in [5.74, 6) is 0.362. The van der Waals surface area contributed by atoms with Crippen LogP contribution in [0.15, 0.2) is 79.0 Å². The molecule has 178 valence electrons. The third-order valence-electron chi connectivity index (χ3n) is 6.05. The Morgan fingerprint density at radius 2 is 1.77 bits per heavy atom. The predicted molar refractivity (Wildman–Crippen MR) is 134 cm³/mol. The Labute approximate surface area is 204 Å². The number of aromatic nitrogens is 2. The lowest BCUT2D eigenvalue weighted by Gasteiger charge is -2.27. The summed E-state index contributed by atoms with van der Waals surface area (Å²) in [6.07, 6.45) is 4.13. The minimum absolute atomic E-state index is 0.109. The zero-order valence-corrected chi connectivity index (χ0v) is 19.9. The van der Waals surface area contributed by atoms with Gasteiger partial charge < -0.3 is 5.32 Å². The van der Waals surface area contributed by atoms with Gasteiger partial charge in [0, 0.05) is 23.4 Å². The second-order valence-electron chi connectivity index (χ2n) is 8.56. The number of halogens is 1. The van der Waals surface area contributed by atoms with Crippen molar-refractivity contribution >= 4 is 21.8 Å². The van der Waals surface area contributed by atoms with Gasteiger partial charge in [-0.25, -0.2) is 14.4 Å². The lowest BCUT2D eigenvalue weighted by molar-refractivity contribution is 0.326. The van der Waals surface area contributed by atoms with E-state index in [0.717, 1.165) is 51.9 Å². The molecule has 1 atom stereocenters. The van der Waals surface area contributed by atoms with E-state index >= 15 is 0 Å². The molecule has 0 saturated carbocycles. The summed E-state index contributed by atoms with van der Waals surface area (Å²) in [7, 11) is -3.44. The molecule has 0 amide bonds.